The van der Waals surface area contributed by atoms with Gasteiger partial charge in [0.1, 0.15) is 12.0 Å². The van der Waals surface area contributed by atoms with Gasteiger partial charge in [-0.15, -0.1) is 0 Å². The van der Waals surface area contributed by atoms with Gasteiger partial charge >= 0.3 is 0 Å². The predicted octanol–water partition coefficient (Wildman–Crippen LogP) is -0.0781. The quantitative estimate of drug-likeness (QED) is 0.748. The molecular formula is C10H11N5O2. The van der Waals surface area contributed by atoms with Crippen molar-refractivity contribution in [3.8, 4) is 11.5 Å². The number of β-amino-alcohol motifs (C(OH)–C–C–N with tert-alkyl or cyclic N) is 1. The summed E-state index contributed by atoms with van der Waals surface area (Å²) in [4.78, 5) is 12.1. The molecule has 0 aromatic carbocycles. The molecule has 3 rings (SSSR count). The summed E-state index contributed by atoms with van der Waals surface area (Å²) in [5, 5.41) is 16.4. The fraction of sp³-hybridized carbons (Fsp3) is 0.400. The van der Waals surface area contributed by atoms with Gasteiger partial charge in [-0.1, -0.05) is 5.16 Å². The van der Waals surface area contributed by atoms with Crippen molar-refractivity contribution in [3.63, 3.8) is 0 Å². The number of rotatable bonds is 2. The molecule has 0 radical (unpaired) electrons. The molecule has 2 aromatic heterocycles. The van der Waals surface area contributed by atoms with Gasteiger partial charge in [0.15, 0.2) is 0 Å². The molecule has 1 aliphatic heterocycles. The lowest BCUT2D eigenvalue weighted by atomic mass is 10.2. The number of nitrogens with zero attached hydrogens (tertiary/aromatic N) is 4. The van der Waals surface area contributed by atoms with E-state index >= 15 is 0 Å². The first-order chi connectivity index (χ1) is 8.33. The molecule has 7 heteroatoms. The van der Waals surface area contributed by atoms with Crippen LogP contribution in [0.25, 0.3) is 11.5 Å². The molecule has 88 valence electrons. The van der Waals surface area contributed by atoms with Crippen LogP contribution in [-0.2, 0) is 0 Å². The van der Waals surface area contributed by atoms with Gasteiger partial charge in [-0.25, -0.2) is 9.97 Å². The first-order valence-electron chi connectivity index (χ1n) is 5.34. The van der Waals surface area contributed by atoms with E-state index in [0.29, 0.717) is 30.4 Å². The van der Waals surface area contributed by atoms with Crippen LogP contribution in [0.2, 0.25) is 0 Å². The van der Waals surface area contributed by atoms with E-state index in [-0.39, 0.29) is 12.1 Å². The van der Waals surface area contributed by atoms with Gasteiger partial charge in [0.05, 0.1) is 12.1 Å². The third-order valence-corrected chi connectivity index (χ3v) is 2.66. The third kappa shape index (κ3) is 2.02. The number of hydrogen-bond acceptors (Lipinski definition) is 7. The summed E-state index contributed by atoms with van der Waals surface area (Å²) >= 11 is 0. The van der Waals surface area contributed by atoms with E-state index in [9.17, 15) is 5.11 Å². The number of aliphatic hydroxyl groups excluding tert-OH is 1. The smallest absolute Gasteiger partial charge is 0.244 e. The van der Waals surface area contributed by atoms with Crippen molar-refractivity contribution in [3.05, 3.63) is 24.5 Å². The molecule has 1 fully saturated rings. The van der Waals surface area contributed by atoms with Crippen LogP contribution in [0.15, 0.2) is 23.1 Å². The molecule has 2 N–H and O–H groups in total. The van der Waals surface area contributed by atoms with Gasteiger partial charge in [-0.2, -0.15) is 4.98 Å². The second-order valence-corrected chi connectivity index (χ2v) is 3.90. The molecular weight excluding hydrogens is 222 g/mol. The molecule has 0 amide bonds. The lowest BCUT2D eigenvalue weighted by molar-refractivity contribution is 0.191. The lowest BCUT2D eigenvalue weighted by Crippen LogP contribution is -2.15. The largest absolute Gasteiger partial charge is 0.392 e. The van der Waals surface area contributed by atoms with Crippen molar-refractivity contribution in [2.45, 2.75) is 18.6 Å². The summed E-state index contributed by atoms with van der Waals surface area (Å²) in [7, 11) is 0. The van der Waals surface area contributed by atoms with Crippen LogP contribution < -0.4 is 5.32 Å². The number of hydrogen-bond donors (Lipinski definition) is 2. The van der Waals surface area contributed by atoms with Crippen molar-refractivity contribution < 1.29 is 9.63 Å². The fourth-order valence-corrected chi connectivity index (χ4v) is 1.81. The van der Waals surface area contributed by atoms with Gasteiger partial charge in [0.25, 0.3) is 0 Å². The predicted molar refractivity (Wildman–Crippen MR) is 56.7 cm³/mol. The fourth-order valence-electron chi connectivity index (χ4n) is 1.81. The van der Waals surface area contributed by atoms with E-state index < -0.39 is 0 Å². The first-order valence-corrected chi connectivity index (χ1v) is 5.34. The maximum atomic E-state index is 9.41. The van der Waals surface area contributed by atoms with E-state index in [2.05, 4.69) is 25.4 Å². The summed E-state index contributed by atoms with van der Waals surface area (Å²) in [5.74, 6) is 0.917. The van der Waals surface area contributed by atoms with Crippen molar-refractivity contribution in [1.29, 1.82) is 0 Å². The minimum Gasteiger partial charge on any atom is -0.392 e. The van der Waals surface area contributed by atoms with Crippen molar-refractivity contribution in [2.75, 3.05) is 6.54 Å². The Morgan fingerprint density at radius 2 is 2.41 bits per heavy atom. The first kappa shape index (κ1) is 10.3. The highest BCUT2D eigenvalue weighted by Crippen LogP contribution is 2.23. The van der Waals surface area contributed by atoms with E-state index in [4.69, 9.17) is 4.52 Å². The standard InChI is InChI=1S/C10H11N5O2/c16-6-3-8(12-4-6)10-14-9(15-17-10)7-1-2-11-5-13-7/h1-2,5-6,8,12,16H,3-4H2/t6?,8-/m0/s1. The number of nitrogens with one attached hydrogen (secondary N) is 1. The molecule has 7 nitrogen and oxygen atoms in total. The Morgan fingerprint density at radius 3 is 3.12 bits per heavy atom. The normalized spacial score (nSPS) is 24.1. The molecule has 2 aromatic rings. The molecule has 3 heterocycles. The van der Waals surface area contributed by atoms with Crippen LogP contribution >= 0.6 is 0 Å². The minimum absolute atomic E-state index is 0.0758. The molecule has 0 bridgehead atoms. The monoisotopic (exact) mass is 233 g/mol. The maximum Gasteiger partial charge on any atom is 0.244 e. The highest BCUT2D eigenvalue weighted by atomic mass is 16.5. The van der Waals surface area contributed by atoms with Crippen molar-refractivity contribution >= 4 is 0 Å². The number of aromatic nitrogens is 4. The Morgan fingerprint density at radius 1 is 1.47 bits per heavy atom. The average molecular weight is 233 g/mol. The number of aliphatic hydroxyl groups is 1. The van der Waals surface area contributed by atoms with Crippen LogP contribution in [-0.4, -0.2) is 37.9 Å². The van der Waals surface area contributed by atoms with Crippen LogP contribution in [0.5, 0.6) is 0 Å². The molecule has 1 aliphatic rings. The Kier molecular flexibility index (Phi) is 2.54. The Labute approximate surface area is 96.9 Å². The SMILES string of the molecule is OC1CN[C@H](c2nc(-c3ccncn3)no2)C1. The van der Waals surface area contributed by atoms with Crippen LogP contribution in [0.4, 0.5) is 0 Å². The van der Waals surface area contributed by atoms with E-state index in [0.717, 1.165) is 0 Å². The topological polar surface area (TPSA) is 97.0 Å². The molecule has 1 saturated heterocycles. The van der Waals surface area contributed by atoms with Crippen molar-refractivity contribution in [2.24, 2.45) is 0 Å². The van der Waals surface area contributed by atoms with Gasteiger partial charge in [-0.05, 0) is 12.5 Å². The molecule has 0 aliphatic carbocycles. The molecule has 0 saturated carbocycles. The zero-order valence-electron chi connectivity index (χ0n) is 8.95. The summed E-state index contributed by atoms with van der Waals surface area (Å²) in [5.41, 5.74) is 0.619. The van der Waals surface area contributed by atoms with Crippen molar-refractivity contribution in [1.82, 2.24) is 25.4 Å². The third-order valence-electron chi connectivity index (χ3n) is 2.66. The summed E-state index contributed by atoms with van der Waals surface area (Å²) < 4.78 is 5.16. The molecule has 1 unspecified atom stereocenters. The average Bonchev–Trinajstić information content (AvgIpc) is 2.98. The summed E-state index contributed by atoms with van der Waals surface area (Å²) in [6.45, 7) is 0.551. The van der Waals surface area contributed by atoms with Crippen LogP contribution in [0.3, 0.4) is 0 Å². The highest BCUT2D eigenvalue weighted by Gasteiger charge is 2.28. The molecule has 17 heavy (non-hydrogen) atoms. The highest BCUT2D eigenvalue weighted by molar-refractivity contribution is 5.46. The van der Waals surface area contributed by atoms with E-state index in [1.807, 2.05) is 0 Å². The summed E-state index contributed by atoms with van der Waals surface area (Å²) in [6, 6.07) is 1.64. The molecule has 2 atom stereocenters. The van der Waals surface area contributed by atoms with Crippen LogP contribution in [0, 0.1) is 0 Å². The minimum atomic E-state index is -0.352. The summed E-state index contributed by atoms with van der Waals surface area (Å²) in [6.07, 6.45) is 3.29. The van der Waals surface area contributed by atoms with Gasteiger partial charge in [0.2, 0.25) is 11.7 Å². The zero-order valence-corrected chi connectivity index (χ0v) is 8.95. The van der Waals surface area contributed by atoms with E-state index in [1.54, 1.807) is 12.3 Å². The second-order valence-electron chi connectivity index (χ2n) is 3.90. The van der Waals surface area contributed by atoms with Gasteiger partial charge in [0, 0.05) is 12.7 Å². The Hall–Kier alpha value is -1.86. The Bertz CT molecular complexity index is 500. The lowest BCUT2D eigenvalue weighted by Gasteiger charge is -2.01. The zero-order chi connectivity index (χ0) is 11.7. The maximum absolute atomic E-state index is 9.41. The van der Waals surface area contributed by atoms with E-state index in [1.165, 1.54) is 6.33 Å². The molecule has 0 spiro atoms. The second kappa shape index (κ2) is 4.19. The Balaban J connectivity index is 1.84. The van der Waals surface area contributed by atoms with Crippen LogP contribution in [0.1, 0.15) is 18.4 Å². The van der Waals surface area contributed by atoms with Gasteiger partial charge in [-0.3, -0.25) is 0 Å². The van der Waals surface area contributed by atoms with Gasteiger partial charge < -0.3 is 14.9 Å².